The number of benzene rings is 1. The Kier molecular flexibility index (Phi) is 12.0. The molecule has 0 aromatic heterocycles. The van der Waals surface area contributed by atoms with Gasteiger partial charge in [0.1, 0.15) is 11.6 Å². The maximum Gasteiger partial charge on any atom is 0.125 e. The van der Waals surface area contributed by atoms with Gasteiger partial charge in [0.15, 0.2) is 0 Å². The van der Waals surface area contributed by atoms with Crippen LogP contribution in [0.4, 0.5) is 0 Å². The van der Waals surface area contributed by atoms with Gasteiger partial charge in [-0.25, -0.2) is 0 Å². The molecule has 0 radical (unpaired) electrons. The van der Waals surface area contributed by atoms with E-state index in [1.807, 2.05) is 24.3 Å². The van der Waals surface area contributed by atoms with E-state index in [0.717, 1.165) is 50.1 Å². The van der Waals surface area contributed by atoms with Crippen molar-refractivity contribution in [1.82, 2.24) is 0 Å². The predicted octanol–water partition coefficient (Wildman–Crippen LogP) is 3.50. The van der Waals surface area contributed by atoms with Crippen LogP contribution in [0.1, 0.15) is 45.1 Å². The van der Waals surface area contributed by atoms with Crippen LogP contribution in [0.3, 0.4) is 0 Å². The maximum absolute atomic E-state index is 6.47. The van der Waals surface area contributed by atoms with E-state index in [1.54, 1.807) is 0 Å². The van der Waals surface area contributed by atoms with Crippen LogP contribution in [0.2, 0.25) is 0 Å². The van der Waals surface area contributed by atoms with E-state index >= 15 is 0 Å². The van der Waals surface area contributed by atoms with Crippen molar-refractivity contribution >= 4 is 17.7 Å². The molecule has 3 N–H and O–H groups in total. The second-order valence-electron chi connectivity index (χ2n) is 4.35. The Bertz CT molecular complexity index is 367. The van der Waals surface area contributed by atoms with Gasteiger partial charge in [-0.05, 0) is 37.1 Å². The van der Waals surface area contributed by atoms with E-state index in [0.29, 0.717) is 5.84 Å². The van der Waals surface area contributed by atoms with Crippen LogP contribution in [0.15, 0.2) is 29.3 Å². The average molecular weight is 301 g/mol. The van der Waals surface area contributed by atoms with Gasteiger partial charge in [0.05, 0.1) is 18.5 Å². The van der Waals surface area contributed by atoms with Crippen molar-refractivity contribution in [2.75, 3.05) is 13.2 Å². The van der Waals surface area contributed by atoms with Crippen molar-refractivity contribution in [2.45, 2.75) is 39.5 Å². The van der Waals surface area contributed by atoms with Crippen LogP contribution in [0.5, 0.6) is 5.75 Å². The molecule has 114 valence electrons. The van der Waals surface area contributed by atoms with E-state index in [-0.39, 0.29) is 0 Å². The number of aliphatic imine (C=N–C) groups is 1. The lowest BCUT2D eigenvalue weighted by Gasteiger charge is -2.06. The molecule has 0 aliphatic heterocycles. The highest BCUT2D eigenvalue weighted by molar-refractivity contribution is 6.04. The van der Waals surface area contributed by atoms with Crippen LogP contribution in [0.25, 0.3) is 0 Å². The standard InChI is InChI=1S/C15H24N2O.ClHO/c1-3-5-11-17-15(16)13-7-9-14(10-8-13)18-12-6-4-2;1-2/h7-10H,3-6,11-12H2,1-2H3,(H2,16,17);2H. The van der Waals surface area contributed by atoms with Gasteiger partial charge < -0.3 is 10.5 Å². The Balaban J connectivity index is 0.00000172. The molecule has 0 saturated heterocycles. The zero-order valence-electron chi connectivity index (χ0n) is 12.3. The molecule has 1 aromatic rings. The second kappa shape index (κ2) is 12.8. The molecule has 0 aliphatic rings. The number of unbranched alkanes of at least 4 members (excludes halogenated alkanes) is 2. The Morgan fingerprint density at radius 2 is 1.75 bits per heavy atom. The van der Waals surface area contributed by atoms with Crippen LogP contribution >= 0.6 is 11.9 Å². The van der Waals surface area contributed by atoms with Crippen LogP contribution in [-0.2, 0) is 0 Å². The lowest BCUT2D eigenvalue weighted by Crippen LogP contribution is -2.13. The molecule has 1 aromatic carbocycles. The molecule has 0 atom stereocenters. The van der Waals surface area contributed by atoms with E-state index in [2.05, 4.69) is 30.7 Å². The van der Waals surface area contributed by atoms with Gasteiger partial charge in [-0.3, -0.25) is 9.65 Å². The Hall–Kier alpha value is -1.26. The summed E-state index contributed by atoms with van der Waals surface area (Å²) in [6.45, 7) is 5.88. The molecular weight excluding hydrogens is 276 g/mol. The van der Waals surface area contributed by atoms with Gasteiger partial charge in [-0.1, -0.05) is 26.7 Å². The minimum Gasteiger partial charge on any atom is -0.494 e. The molecule has 5 heteroatoms. The van der Waals surface area contributed by atoms with E-state index < -0.39 is 0 Å². The van der Waals surface area contributed by atoms with Crippen molar-refractivity contribution in [1.29, 1.82) is 0 Å². The maximum atomic E-state index is 6.47. The first-order valence-electron chi connectivity index (χ1n) is 6.98. The summed E-state index contributed by atoms with van der Waals surface area (Å²) < 4.78 is 12.1. The fourth-order valence-corrected chi connectivity index (χ4v) is 1.51. The quantitative estimate of drug-likeness (QED) is 0.438. The summed E-state index contributed by atoms with van der Waals surface area (Å²) in [4.78, 5) is 4.34. The predicted molar refractivity (Wildman–Crippen MR) is 85.4 cm³/mol. The molecule has 0 aliphatic carbocycles. The number of halogens is 1. The van der Waals surface area contributed by atoms with Gasteiger partial charge >= 0.3 is 0 Å². The average Bonchev–Trinajstić information content (AvgIpc) is 2.50. The SMILES string of the molecule is CCCCN=C(N)c1ccc(OCCCC)cc1.OCl. The molecule has 0 spiro atoms. The van der Waals surface area contributed by atoms with Crippen molar-refractivity contribution in [3.8, 4) is 5.75 Å². The third kappa shape index (κ3) is 8.02. The summed E-state index contributed by atoms with van der Waals surface area (Å²) in [6.07, 6.45) is 4.46. The van der Waals surface area contributed by atoms with Crippen molar-refractivity contribution in [3.05, 3.63) is 29.8 Å². The minimum atomic E-state index is 0.614. The first kappa shape index (κ1) is 18.7. The Morgan fingerprint density at radius 3 is 2.30 bits per heavy atom. The summed E-state index contributed by atoms with van der Waals surface area (Å²) in [5, 5.41) is 0. The molecule has 0 unspecified atom stereocenters. The lowest BCUT2D eigenvalue weighted by atomic mass is 10.2. The second-order valence-corrected chi connectivity index (χ2v) is 4.35. The number of amidine groups is 1. The summed E-state index contributed by atoms with van der Waals surface area (Å²) >= 11 is 3.64. The normalized spacial score (nSPS) is 10.7. The van der Waals surface area contributed by atoms with Crippen molar-refractivity contribution < 1.29 is 9.40 Å². The lowest BCUT2D eigenvalue weighted by molar-refractivity contribution is 0.309. The fourth-order valence-electron chi connectivity index (χ4n) is 1.51. The zero-order chi connectivity index (χ0) is 15.2. The molecular formula is C15H25ClN2O2. The fraction of sp³-hybridized carbons (Fsp3) is 0.533. The van der Waals surface area contributed by atoms with E-state index in [4.69, 9.17) is 15.1 Å². The smallest absolute Gasteiger partial charge is 0.125 e. The summed E-state index contributed by atoms with van der Waals surface area (Å²) in [5.41, 5.74) is 6.88. The summed E-state index contributed by atoms with van der Waals surface area (Å²) in [5.74, 6) is 1.51. The number of nitrogens with zero attached hydrogens (tertiary/aromatic N) is 1. The molecule has 20 heavy (non-hydrogen) atoms. The number of ether oxygens (including phenoxy) is 1. The van der Waals surface area contributed by atoms with E-state index in [1.165, 1.54) is 0 Å². The Labute approximate surface area is 126 Å². The van der Waals surface area contributed by atoms with Gasteiger partial charge in [-0.15, -0.1) is 0 Å². The molecule has 0 fully saturated rings. The van der Waals surface area contributed by atoms with Gasteiger partial charge in [0, 0.05) is 12.1 Å². The topological polar surface area (TPSA) is 67.8 Å². The number of rotatable bonds is 8. The molecule has 1 rings (SSSR count). The number of hydrogen-bond donors (Lipinski definition) is 2. The third-order valence-electron chi connectivity index (χ3n) is 2.71. The van der Waals surface area contributed by atoms with Crippen LogP contribution < -0.4 is 10.5 Å². The first-order valence-corrected chi connectivity index (χ1v) is 7.31. The molecule has 4 nitrogen and oxygen atoms in total. The summed E-state index contributed by atoms with van der Waals surface area (Å²) in [7, 11) is 0. The van der Waals surface area contributed by atoms with Gasteiger partial charge in [0.25, 0.3) is 0 Å². The van der Waals surface area contributed by atoms with Crippen LogP contribution in [0, 0.1) is 0 Å². The molecule has 0 heterocycles. The number of hydrogen-bond acceptors (Lipinski definition) is 3. The summed E-state index contributed by atoms with van der Waals surface area (Å²) in [6, 6.07) is 7.83. The number of nitrogens with two attached hydrogens (primary N) is 1. The van der Waals surface area contributed by atoms with Crippen LogP contribution in [-0.4, -0.2) is 23.6 Å². The zero-order valence-corrected chi connectivity index (χ0v) is 13.1. The molecule has 0 amide bonds. The largest absolute Gasteiger partial charge is 0.494 e. The van der Waals surface area contributed by atoms with Gasteiger partial charge in [-0.2, -0.15) is 0 Å². The monoisotopic (exact) mass is 300 g/mol. The highest BCUT2D eigenvalue weighted by Gasteiger charge is 1.99. The molecule has 0 bridgehead atoms. The highest BCUT2D eigenvalue weighted by Crippen LogP contribution is 2.12. The van der Waals surface area contributed by atoms with Gasteiger partial charge in [0.2, 0.25) is 0 Å². The van der Waals surface area contributed by atoms with Crippen molar-refractivity contribution in [3.63, 3.8) is 0 Å². The highest BCUT2D eigenvalue weighted by atomic mass is 35.5. The molecule has 0 saturated carbocycles. The van der Waals surface area contributed by atoms with Crippen molar-refractivity contribution in [2.24, 2.45) is 10.7 Å². The first-order chi connectivity index (χ1) is 9.77. The van der Waals surface area contributed by atoms with E-state index in [9.17, 15) is 0 Å². The Morgan fingerprint density at radius 1 is 1.15 bits per heavy atom. The third-order valence-corrected chi connectivity index (χ3v) is 2.71. The minimum absolute atomic E-state index is 0.614.